The molecule has 0 aromatic rings. The summed E-state index contributed by atoms with van der Waals surface area (Å²) in [6.45, 7) is 5.57. The maximum atomic E-state index is 11.7. The second-order valence-electron chi connectivity index (χ2n) is 3.60. The fourth-order valence-electron chi connectivity index (χ4n) is 1.48. The molecule has 66 valence electrons. The lowest BCUT2D eigenvalue weighted by Gasteiger charge is -2.22. The Morgan fingerprint density at radius 2 is 2.45 bits per heavy atom. The Labute approximate surface area is 67.6 Å². The zero-order valence-corrected chi connectivity index (χ0v) is 7.12. The number of halogens is 1. The highest BCUT2D eigenvalue weighted by Gasteiger charge is 2.27. The summed E-state index contributed by atoms with van der Waals surface area (Å²) >= 11 is 0. The molecule has 2 nitrogen and oxygen atoms in total. The normalized spacial score (nSPS) is 31.1. The molecule has 0 radical (unpaired) electrons. The van der Waals surface area contributed by atoms with E-state index >= 15 is 0 Å². The van der Waals surface area contributed by atoms with Crippen LogP contribution in [-0.2, 0) is 0 Å². The molecule has 0 spiro atoms. The van der Waals surface area contributed by atoms with E-state index in [1.54, 1.807) is 0 Å². The van der Waals surface area contributed by atoms with E-state index in [0.717, 1.165) is 19.6 Å². The Morgan fingerprint density at radius 1 is 1.64 bits per heavy atom. The lowest BCUT2D eigenvalue weighted by Crippen LogP contribution is -2.34. The topological polar surface area (TPSA) is 24.1 Å². The molecule has 1 atom stereocenters. The molecular weight excluding hydrogens is 143 g/mol. The highest BCUT2D eigenvalue weighted by molar-refractivity contribution is 4.85. The van der Waals surface area contributed by atoms with Crippen molar-refractivity contribution in [3.63, 3.8) is 0 Å². The molecule has 1 saturated heterocycles. The van der Waals surface area contributed by atoms with Crippen molar-refractivity contribution < 1.29 is 4.39 Å². The van der Waals surface area contributed by atoms with Gasteiger partial charge in [0.25, 0.3) is 0 Å². The molecule has 1 aliphatic rings. The van der Waals surface area contributed by atoms with Gasteiger partial charge in [-0.2, -0.15) is 0 Å². The first-order chi connectivity index (χ1) is 5.27. The van der Waals surface area contributed by atoms with Gasteiger partial charge in [-0.05, 0) is 18.4 Å². The minimum Gasteiger partial charge on any atom is -0.316 e. The van der Waals surface area contributed by atoms with E-state index in [2.05, 4.69) is 17.6 Å². The molecule has 3 heteroatoms. The van der Waals surface area contributed by atoms with Gasteiger partial charge in [0, 0.05) is 19.6 Å². The van der Waals surface area contributed by atoms with Crippen LogP contribution in [0.1, 0.15) is 13.3 Å². The van der Waals surface area contributed by atoms with Gasteiger partial charge in [-0.1, -0.05) is 6.92 Å². The van der Waals surface area contributed by atoms with Crippen LogP contribution < -0.4 is 10.6 Å². The number of rotatable bonds is 4. The minimum absolute atomic E-state index is 0.260. The van der Waals surface area contributed by atoms with Crippen LogP contribution in [0.5, 0.6) is 0 Å². The smallest absolute Gasteiger partial charge is 0.102 e. The molecular formula is C8H17FN2. The number of nitrogens with one attached hydrogen (secondary N) is 2. The first-order valence-corrected chi connectivity index (χ1v) is 4.24. The van der Waals surface area contributed by atoms with Crippen LogP contribution in [0, 0.1) is 5.41 Å². The summed E-state index contributed by atoms with van der Waals surface area (Å²) in [5, 5.41) is 6.41. The molecule has 0 amide bonds. The number of alkyl halides is 1. The Balaban J connectivity index is 2.13. The lowest BCUT2D eigenvalue weighted by atomic mass is 9.90. The SMILES string of the molecule is CC1(CNCCF)CCNC1. The fourth-order valence-corrected chi connectivity index (χ4v) is 1.48. The molecule has 11 heavy (non-hydrogen) atoms. The van der Waals surface area contributed by atoms with Crippen LogP contribution in [0.2, 0.25) is 0 Å². The second-order valence-corrected chi connectivity index (χ2v) is 3.60. The largest absolute Gasteiger partial charge is 0.316 e. The zero-order chi connectivity index (χ0) is 8.16. The monoisotopic (exact) mass is 160 g/mol. The van der Waals surface area contributed by atoms with Crippen molar-refractivity contribution in [2.45, 2.75) is 13.3 Å². The van der Waals surface area contributed by atoms with Crippen molar-refractivity contribution in [1.82, 2.24) is 10.6 Å². The Kier molecular flexibility index (Phi) is 3.27. The van der Waals surface area contributed by atoms with Crippen molar-refractivity contribution in [3.05, 3.63) is 0 Å². The predicted molar refractivity (Wildman–Crippen MR) is 44.4 cm³/mol. The number of hydrogen-bond donors (Lipinski definition) is 2. The molecule has 2 N–H and O–H groups in total. The van der Waals surface area contributed by atoms with E-state index in [4.69, 9.17) is 0 Å². The van der Waals surface area contributed by atoms with Gasteiger partial charge < -0.3 is 10.6 Å². The average molecular weight is 160 g/mol. The van der Waals surface area contributed by atoms with Crippen molar-refractivity contribution in [2.24, 2.45) is 5.41 Å². The maximum Gasteiger partial charge on any atom is 0.102 e. The Bertz CT molecular complexity index is 111. The molecule has 1 heterocycles. The van der Waals surface area contributed by atoms with Crippen LogP contribution in [0.3, 0.4) is 0 Å². The molecule has 1 fully saturated rings. The standard InChI is InChI=1S/C8H17FN2/c1-8(2-4-10-6-8)7-11-5-3-9/h10-11H,2-7H2,1H3. The molecule has 1 aliphatic heterocycles. The highest BCUT2D eigenvalue weighted by Crippen LogP contribution is 2.22. The third kappa shape index (κ3) is 2.75. The van der Waals surface area contributed by atoms with E-state index in [9.17, 15) is 4.39 Å². The van der Waals surface area contributed by atoms with Gasteiger partial charge in [0.05, 0.1) is 0 Å². The van der Waals surface area contributed by atoms with Crippen LogP contribution in [0.25, 0.3) is 0 Å². The fraction of sp³-hybridized carbons (Fsp3) is 1.00. The van der Waals surface area contributed by atoms with E-state index in [1.165, 1.54) is 6.42 Å². The lowest BCUT2D eigenvalue weighted by molar-refractivity contribution is 0.330. The summed E-state index contributed by atoms with van der Waals surface area (Å²) < 4.78 is 11.7. The minimum atomic E-state index is -0.260. The average Bonchev–Trinajstić information content (AvgIpc) is 2.38. The molecule has 0 aromatic carbocycles. The summed E-state index contributed by atoms with van der Waals surface area (Å²) in [5.41, 5.74) is 0.356. The van der Waals surface area contributed by atoms with Gasteiger partial charge in [-0.25, -0.2) is 4.39 Å². The summed E-state index contributed by atoms with van der Waals surface area (Å²) in [4.78, 5) is 0. The third-order valence-electron chi connectivity index (χ3n) is 2.28. The van der Waals surface area contributed by atoms with Gasteiger partial charge in [-0.3, -0.25) is 0 Å². The molecule has 0 aliphatic carbocycles. The summed E-state index contributed by atoms with van der Waals surface area (Å²) in [5.74, 6) is 0. The first kappa shape index (κ1) is 8.94. The quantitative estimate of drug-likeness (QED) is 0.587. The van der Waals surface area contributed by atoms with Crippen molar-refractivity contribution in [1.29, 1.82) is 0 Å². The molecule has 0 aromatic heterocycles. The molecule has 1 unspecified atom stereocenters. The van der Waals surface area contributed by atoms with Crippen LogP contribution in [-0.4, -0.2) is 32.9 Å². The van der Waals surface area contributed by atoms with Gasteiger partial charge in [0.15, 0.2) is 0 Å². The van der Waals surface area contributed by atoms with Gasteiger partial charge in [-0.15, -0.1) is 0 Å². The number of hydrogen-bond acceptors (Lipinski definition) is 2. The first-order valence-electron chi connectivity index (χ1n) is 4.24. The van der Waals surface area contributed by atoms with Crippen molar-refractivity contribution in [2.75, 3.05) is 32.9 Å². The predicted octanol–water partition coefficient (Wildman–Crippen LogP) is 0.545. The van der Waals surface area contributed by atoms with Crippen molar-refractivity contribution >= 4 is 0 Å². The molecule has 0 bridgehead atoms. The van der Waals surface area contributed by atoms with E-state index < -0.39 is 0 Å². The van der Waals surface area contributed by atoms with Crippen molar-refractivity contribution in [3.8, 4) is 0 Å². The summed E-state index contributed by atoms with van der Waals surface area (Å²) in [7, 11) is 0. The van der Waals surface area contributed by atoms with Crippen LogP contribution in [0.15, 0.2) is 0 Å². The Morgan fingerprint density at radius 3 is 3.00 bits per heavy atom. The van der Waals surface area contributed by atoms with Crippen LogP contribution >= 0.6 is 0 Å². The zero-order valence-electron chi connectivity index (χ0n) is 7.12. The van der Waals surface area contributed by atoms with Gasteiger partial charge >= 0.3 is 0 Å². The third-order valence-corrected chi connectivity index (χ3v) is 2.28. The molecule has 1 rings (SSSR count). The highest BCUT2D eigenvalue weighted by atomic mass is 19.1. The van der Waals surface area contributed by atoms with E-state index in [-0.39, 0.29) is 6.67 Å². The van der Waals surface area contributed by atoms with Crippen LogP contribution in [0.4, 0.5) is 4.39 Å². The van der Waals surface area contributed by atoms with E-state index in [0.29, 0.717) is 12.0 Å². The summed E-state index contributed by atoms with van der Waals surface area (Å²) in [6.07, 6.45) is 1.20. The summed E-state index contributed by atoms with van der Waals surface area (Å²) in [6, 6.07) is 0. The Hall–Kier alpha value is -0.150. The van der Waals surface area contributed by atoms with Gasteiger partial charge in [0.1, 0.15) is 6.67 Å². The maximum absolute atomic E-state index is 11.7. The second kappa shape index (κ2) is 4.02. The molecule has 0 saturated carbocycles. The van der Waals surface area contributed by atoms with E-state index in [1.807, 2.05) is 0 Å². The van der Waals surface area contributed by atoms with Gasteiger partial charge in [0.2, 0.25) is 0 Å².